The van der Waals surface area contributed by atoms with Gasteiger partial charge in [0, 0.05) is 41.5 Å². The van der Waals surface area contributed by atoms with E-state index in [1.165, 1.54) is 15.3 Å². The van der Waals surface area contributed by atoms with Crippen molar-refractivity contribution in [3.8, 4) is 0 Å². The molecule has 2 aliphatic heterocycles. The third-order valence-electron chi connectivity index (χ3n) is 5.38. The van der Waals surface area contributed by atoms with Gasteiger partial charge in [-0.15, -0.1) is 11.3 Å². The van der Waals surface area contributed by atoms with Crippen LogP contribution in [0.2, 0.25) is 0 Å². The second kappa shape index (κ2) is 6.70. The number of hydrogen-bond acceptors (Lipinski definition) is 3. The first-order valence-electron chi connectivity index (χ1n) is 9.74. The van der Waals surface area contributed by atoms with Crippen LogP contribution in [-0.4, -0.2) is 40.9 Å². The van der Waals surface area contributed by atoms with Crippen molar-refractivity contribution < 1.29 is 4.79 Å². The lowest BCUT2D eigenvalue weighted by Crippen LogP contribution is -2.44. The van der Waals surface area contributed by atoms with E-state index < -0.39 is 0 Å². The number of likely N-dealkylation sites (tertiary alicyclic amines) is 1. The maximum atomic E-state index is 13.3. The molecule has 140 valence electrons. The Hall–Kier alpha value is -0.870. The van der Waals surface area contributed by atoms with E-state index in [9.17, 15) is 4.79 Å². The molecule has 0 N–H and O–H groups in total. The van der Waals surface area contributed by atoms with Crippen LogP contribution in [0.25, 0.3) is 0 Å². The minimum Gasteiger partial charge on any atom is -0.339 e. The zero-order chi connectivity index (χ0) is 18.4. The highest BCUT2D eigenvalue weighted by Gasteiger charge is 2.34. The van der Waals surface area contributed by atoms with Gasteiger partial charge in [-0.05, 0) is 57.4 Å². The van der Waals surface area contributed by atoms with Crippen LogP contribution in [0.5, 0.6) is 0 Å². The number of carbonyl (C=O) groups is 1. The van der Waals surface area contributed by atoms with E-state index in [0.717, 1.165) is 57.4 Å². The SMILES string of the molecule is CC(C)(C)Cc1sc2c(c1C(=O)N1CCCC1)CCN(C(C)(C)C)C2. The second-order valence-electron chi connectivity index (χ2n) is 9.88. The van der Waals surface area contributed by atoms with E-state index in [1.54, 1.807) is 0 Å². The van der Waals surface area contributed by atoms with Gasteiger partial charge in [-0.1, -0.05) is 20.8 Å². The molecule has 3 nitrogen and oxygen atoms in total. The standard InChI is InChI=1S/C21H34N2OS/c1-20(2,3)13-16-18(19(24)22-10-7-8-11-22)15-9-12-23(21(4,5)6)14-17(15)25-16/h7-14H2,1-6H3. The highest BCUT2D eigenvalue weighted by molar-refractivity contribution is 7.12. The van der Waals surface area contributed by atoms with Crippen LogP contribution in [-0.2, 0) is 19.4 Å². The molecule has 0 saturated carbocycles. The lowest BCUT2D eigenvalue weighted by Gasteiger charge is -2.38. The Morgan fingerprint density at radius 2 is 1.68 bits per heavy atom. The van der Waals surface area contributed by atoms with Gasteiger partial charge in [0.2, 0.25) is 0 Å². The maximum absolute atomic E-state index is 13.3. The van der Waals surface area contributed by atoms with Gasteiger partial charge in [0.05, 0.1) is 5.56 Å². The molecule has 1 aromatic rings. The Bertz CT molecular complexity index is 642. The van der Waals surface area contributed by atoms with Crippen LogP contribution in [0, 0.1) is 5.41 Å². The molecule has 25 heavy (non-hydrogen) atoms. The van der Waals surface area contributed by atoms with Crippen molar-refractivity contribution in [2.24, 2.45) is 5.41 Å². The van der Waals surface area contributed by atoms with Crippen LogP contribution in [0.3, 0.4) is 0 Å². The third kappa shape index (κ3) is 4.11. The largest absolute Gasteiger partial charge is 0.339 e. The molecular formula is C21H34N2OS. The molecule has 1 saturated heterocycles. The van der Waals surface area contributed by atoms with E-state index in [0.29, 0.717) is 5.91 Å². The van der Waals surface area contributed by atoms with Crippen molar-refractivity contribution in [2.75, 3.05) is 19.6 Å². The van der Waals surface area contributed by atoms with Crippen molar-refractivity contribution in [1.82, 2.24) is 9.80 Å². The summed E-state index contributed by atoms with van der Waals surface area (Å²) in [6, 6.07) is 0. The fourth-order valence-electron chi connectivity index (χ4n) is 3.97. The number of carbonyl (C=O) groups excluding carboxylic acids is 1. The summed E-state index contributed by atoms with van der Waals surface area (Å²) in [5.41, 5.74) is 2.83. The Labute approximate surface area is 157 Å². The van der Waals surface area contributed by atoms with Gasteiger partial charge in [0.25, 0.3) is 5.91 Å². The van der Waals surface area contributed by atoms with Gasteiger partial charge in [-0.2, -0.15) is 0 Å². The summed E-state index contributed by atoms with van der Waals surface area (Å²) in [4.78, 5) is 20.7. The highest BCUT2D eigenvalue weighted by atomic mass is 32.1. The number of nitrogens with zero attached hydrogens (tertiary/aromatic N) is 2. The fraction of sp³-hybridized carbons (Fsp3) is 0.762. The lowest BCUT2D eigenvalue weighted by atomic mass is 9.88. The van der Waals surface area contributed by atoms with Crippen LogP contribution < -0.4 is 0 Å². The minimum atomic E-state index is 0.186. The van der Waals surface area contributed by atoms with E-state index in [4.69, 9.17) is 0 Å². The topological polar surface area (TPSA) is 23.6 Å². The minimum absolute atomic E-state index is 0.186. The van der Waals surface area contributed by atoms with Gasteiger partial charge < -0.3 is 4.90 Å². The predicted octanol–water partition coefficient (Wildman–Crippen LogP) is 4.73. The van der Waals surface area contributed by atoms with E-state index in [2.05, 4.69) is 51.3 Å². The Balaban J connectivity index is 1.97. The lowest BCUT2D eigenvalue weighted by molar-refractivity contribution is 0.0788. The van der Waals surface area contributed by atoms with Gasteiger partial charge in [0.15, 0.2) is 0 Å². The van der Waals surface area contributed by atoms with Crippen molar-refractivity contribution in [3.05, 3.63) is 20.9 Å². The Kier molecular flexibility index (Phi) is 5.06. The molecule has 1 aromatic heterocycles. The average molecular weight is 363 g/mol. The first-order valence-corrected chi connectivity index (χ1v) is 10.6. The van der Waals surface area contributed by atoms with Crippen LogP contribution >= 0.6 is 11.3 Å². The fourth-order valence-corrected chi connectivity index (χ4v) is 5.63. The van der Waals surface area contributed by atoms with E-state index >= 15 is 0 Å². The molecule has 3 heterocycles. The van der Waals surface area contributed by atoms with Crippen molar-refractivity contribution in [2.45, 2.75) is 79.3 Å². The zero-order valence-electron chi connectivity index (χ0n) is 16.9. The summed E-state index contributed by atoms with van der Waals surface area (Å²) in [5.74, 6) is 0.304. The number of fused-ring (bicyclic) bond motifs is 1. The molecule has 0 aliphatic carbocycles. The van der Waals surface area contributed by atoms with Crippen molar-refractivity contribution >= 4 is 17.2 Å². The normalized spacial score (nSPS) is 19.4. The summed E-state index contributed by atoms with van der Waals surface area (Å²) < 4.78 is 0. The summed E-state index contributed by atoms with van der Waals surface area (Å²) >= 11 is 1.91. The maximum Gasteiger partial charge on any atom is 0.255 e. The smallest absolute Gasteiger partial charge is 0.255 e. The van der Waals surface area contributed by atoms with Gasteiger partial charge in [-0.25, -0.2) is 0 Å². The molecule has 4 heteroatoms. The number of rotatable bonds is 2. The first-order chi connectivity index (χ1) is 11.6. The second-order valence-corrected chi connectivity index (χ2v) is 11.1. The molecular weight excluding hydrogens is 328 g/mol. The molecule has 0 aromatic carbocycles. The third-order valence-corrected chi connectivity index (χ3v) is 6.59. The summed E-state index contributed by atoms with van der Waals surface area (Å²) in [5, 5.41) is 0. The molecule has 0 atom stereocenters. The molecule has 0 bridgehead atoms. The van der Waals surface area contributed by atoms with Gasteiger partial charge >= 0.3 is 0 Å². The quantitative estimate of drug-likeness (QED) is 0.759. The van der Waals surface area contributed by atoms with Crippen LogP contribution in [0.1, 0.15) is 80.1 Å². The van der Waals surface area contributed by atoms with Crippen LogP contribution in [0.4, 0.5) is 0 Å². The zero-order valence-corrected chi connectivity index (χ0v) is 17.7. The molecule has 0 radical (unpaired) electrons. The van der Waals surface area contributed by atoms with Gasteiger partial charge in [0.1, 0.15) is 0 Å². The summed E-state index contributed by atoms with van der Waals surface area (Å²) in [6.07, 6.45) is 4.33. The van der Waals surface area contributed by atoms with Crippen LogP contribution in [0.15, 0.2) is 0 Å². The Morgan fingerprint density at radius 3 is 2.24 bits per heavy atom. The monoisotopic (exact) mass is 362 g/mol. The number of amides is 1. The van der Waals surface area contributed by atoms with Crippen molar-refractivity contribution in [3.63, 3.8) is 0 Å². The first kappa shape index (κ1) is 18.9. The van der Waals surface area contributed by atoms with Crippen molar-refractivity contribution in [1.29, 1.82) is 0 Å². The number of hydrogen-bond donors (Lipinski definition) is 0. The molecule has 2 aliphatic rings. The van der Waals surface area contributed by atoms with E-state index in [1.807, 2.05) is 11.3 Å². The van der Waals surface area contributed by atoms with Gasteiger partial charge in [-0.3, -0.25) is 9.69 Å². The summed E-state index contributed by atoms with van der Waals surface area (Å²) in [7, 11) is 0. The summed E-state index contributed by atoms with van der Waals surface area (Å²) in [6.45, 7) is 17.6. The predicted molar refractivity (Wildman–Crippen MR) is 106 cm³/mol. The molecule has 0 spiro atoms. The highest BCUT2D eigenvalue weighted by Crippen LogP contribution is 2.39. The number of thiophene rings is 1. The molecule has 1 amide bonds. The Morgan fingerprint density at radius 1 is 1.04 bits per heavy atom. The average Bonchev–Trinajstić information content (AvgIpc) is 3.10. The van der Waals surface area contributed by atoms with E-state index in [-0.39, 0.29) is 11.0 Å². The molecule has 1 fully saturated rings. The molecule has 0 unspecified atom stereocenters. The molecule has 3 rings (SSSR count).